The Morgan fingerprint density at radius 1 is 0.873 bits per heavy atom. The maximum absolute atomic E-state index is 15.6. The van der Waals surface area contributed by atoms with Gasteiger partial charge in [0.15, 0.2) is 11.5 Å². The summed E-state index contributed by atoms with van der Waals surface area (Å²) in [7, 11) is 0. The van der Waals surface area contributed by atoms with Gasteiger partial charge in [0.2, 0.25) is 18.9 Å². The number of aliphatic hydroxyl groups is 2. The summed E-state index contributed by atoms with van der Waals surface area (Å²) in [5.74, 6) is 0.516. The maximum atomic E-state index is 15.6. The number of fused-ring (bicyclic) bond motifs is 4. The highest BCUT2D eigenvalue weighted by atomic mass is 16.8. The summed E-state index contributed by atoms with van der Waals surface area (Å²) in [6, 6.07) is 33.9. The van der Waals surface area contributed by atoms with E-state index in [0.29, 0.717) is 71.5 Å². The highest BCUT2D eigenvalue weighted by Gasteiger charge is 2.65. The molecule has 0 bridgehead atoms. The second-order valence-corrected chi connectivity index (χ2v) is 19.1. The number of carbonyl (C=O) groups is 1. The van der Waals surface area contributed by atoms with E-state index in [1.807, 2.05) is 59.5 Å². The fraction of sp³-hybridized carbons (Fsp3) is 0.397. The minimum Gasteiger partial charge on any atom is -0.459 e. The molecule has 2 N–H and O–H groups in total. The number of ether oxygens (including phenoxy) is 6. The van der Waals surface area contributed by atoms with E-state index in [-0.39, 0.29) is 63.2 Å². The van der Waals surface area contributed by atoms with Crippen molar-refractivity contribution in [1.82, 2.24) is 4.90 Å². The van der Waals surface area contributed by atoms with Crippen molar-refractivity contribution in [2.45, 2.75) is 94.8 Å². The molecule has 1 amide bonds. The van der Waals surface area contributed by atoms with E-state index >= 15 is 4.79 Å². The molecule has 5 aromatic carbocycles. The molecule has 3 aliphatic heterocycles. The molecular weight excluding hydrogens is 899 g/mol. The fourth-order valence-corrected chi connectivity index (χ4v) is 11.4. The van der Waals surface area contributed by atoms with Crippen molar-refractivity contribution in [2.75, 3.05) is 33.2 Å². The number of rotatable bonds is 19. The lowest BCUT2D eigenvalue weighted by Gasteiger charge is -2.60. The van der Waals surface area contributed by atoms with Crippen molar-refractivity contribution in [3.63, 3.8) is 0 Å². The summed E-state index contributed by atoms with van der Waals surface area (Å²) in [4.78, 5) is 23.8. The first-order chi connectivity index (χ1) is 34.9. The van der Waals surface area contributed by atoms with Crippen LogP contribution >= 0.6 is 0 Å². The van der Waals surface area contributed by atoms with Crippen molar-refractivity contribution < 1.29 is 48.3 Å². The third-order valence-corrected chi connectivity index (χ3v) is 14.7. The van der Waals surface area contributed by atoms with Crippen LogP contribution in [-0.2, 0) is 20.9 Å². The van der Waals surface area contributed by atoms with Gasteiger partial charge in [-0.05, 0) is 139 Å². The predicted molar refractivity (Wildman–Crippen MR) is 267 cm³/mol. The van der Waals surface area contributed by atoms with Gasteiger partial charge in [-0.15, -0.1) is 6.58 Å². The number of nitriles is 1. The van der Waals surface area contributed by atoms with Crippen LogP contribution in [0.5, 0.6) is 28.7 Å². The lowest BCUT2D eigenvalue weighted by atomic mass is 9.55. The topological polar surface area (TPSA) is 162 Å². The standard InChI is InChI=1S/C58H61N3O10/c1-2-28-68-58-53(61(57(64)41-19-16-38(35-59)17-20-41)36-39-18-24-51-52(30-39)67-37-66-51)34-49(60-71-54-15-7-10-29-65-54)47-32-43(13-5-8-26-62)46(14-6-9-27-63)55(56(47)58)48-33-45(23-25-50(48)70-58)69-44-22-21-40-11-3-4-12-42(40)31-44/h2-4,11-12,16-25,30-33,43,46,53-56,62-63H,1,5-10,13-15,26-29,34,36-37H2. The molecule has 2 aliphatic carbocycles. The summed E-state index contributed by atoms with van der Waals surface area (Å²) >= 11 is 0. The van der Waals surface area contributed by atoms with Crippen molar-refractivity contribution >= 4 is 22.4 Å². The Labute approximate surface area is 414 Å². The van der Waals surface area contributed by atoms with Gasteiger partial charge in [-0.25, -0.2) is 0 Å². The Balaban J connectivity index is 1.17. The molecule has 0 aromatic heterocycles. The molecule has 5 aromatic rings. The number of hydrogen-bond acceptors (Lipinski definition) is 12. The SMILES string of the molecule is C=CCOC12Oc3ccc(Oc4ccc5ccccc5c4)cc3C3C(CCCCO)C(CCCCO)C=C(C(=NOC4CCCCO4)CC1N(Cc1ccc4c(c1)OCO4)C(=O)c1ccc(C#N)cc1)C32. The molecule has 1 saturated carbocycles. The molecule has 0 radical (unpaired) electrons. The first-order valence-corrected chi connectivity index (χ1v) is 25.1. The van der Waals surface area contributed by atoms with Crippen LogP contribution in [0.15, 0.2) is 133 Å². The van der Waals surface area contributed by atoms with E-state index in [1.54, 1.807) is 30.3 Å². The molecule has 0 spiro atoms. The molecule has 368 valence electrons. The Kier molecular flexibility index (Phi) is 14.7. The number of benzene rings is 5. The molecule has 3 heterocycles. The predicted octanol–water partition coefficient (Wildman–Crippen LogP) is 10.7. The maximum Gasteiger partial charge on any atom is 0.254 e. The Morgan fingerprint density at radius 2 is 1.65 bits per heavy atom. The normalized spacial score (nSPS) is 24.5. The third-order valence-electron chi connectivity index (χ3n) is 14.7. The molecule has 7 unspecified atom stereocenters. The van der Waals surface area contributed by atoms with E-state index in [4.69, 9.17) is 38.4 Å². The van der Waals surface area contributed by atoms with Crippen LogP contribution in [0.25, 0.3) is 10.8 Å². The molecule has 13 nitrogen and oxygen atoms in total. The Hall–Kier alpha value is -6.69. The van der Waals surface area contributed by atoms with Gasteiger partial charge in [0.1, 0.15) is 23.3 Å². The van der Waals surface area contributed by atoms with Gasteiger partial charge in [0.25, 0.3) is 5.91 Å². The first-order valence-electron chi connectivity index (χ1n) is 25.1. The number of allylic oxidation sites excluding steroid dienone is 1. The highest BCUT2D eigenvalue weighted by Crippen LogP contribution is 2.62. The first kappa shape index (κ1) is 48.0. The van der Waals surface area contributed by atoms with Crippen LogP contribution in [0.2, 0.25) is 0 Å². The molecule has 1 saturated heterocycles. The second-order valence-electron chi connectivity index (χ2n) is 19.1. The molecule has 13 heteroatoms. The quantitative estimate of drug-likeness (QED) is 0.0460. The molecule has 71 heavy (non-hydrogen) atoms. The number of hydrogen-bond donors (Lipinski definition) is 2. The van der Waals surface area contributed by atoms with Crippen molar-refractivity contribution in [3.05, 3.63) is 150 Å². The summed E-state index contributed by atoms with van der Waals surface area (Å²) < 4.78 is 39.2. The van der Waals surface area contributed by atoms with Crippen LogP contribution in [0, 0.1) is 29.1 Å². The molecule has 10 rings (SSSR count). The van der Waals surface area contributed by atoms with Crippen LogP contribution in [0.1, 0.15) is 97.2 Å². The number of oxime groups is 1. The lowest BCUT2D eigenvalue weighted by molar-refractivity contribution is -0.255. The fourth-order valence-electron chi connectivity index (χ4n) is 11.4. The lowest BCUT2D eigenvalue weighted by Crippen LogP contribution is -2.70. The smallest absolute Gasteiger partial charge is 0.254 e. The van der Waals surface area contributed by atoms with Crippen LogP contribution in [0.3, 0.4) is 0 Å². The number of amides is 1. The van der Waals surface area contributed by atoms with Gasteiger partial charge in [0, 0.05) is 49.6 Å². The van der Waals surface area contributed by atoms with E-state index in [9.17, 15) is 15.5 Å². The highest BCUT2D eigenvalue weighted by molar-refractivity contribution is 6.03. The third kappa shape index (κ3) is 9.99. The molecule has 7 atom stereocenters. The number of unbranched alkanes of at least 4 members (excludes halogenated alkanes) is 2. The van der Waals surface area contributed by atoms with Gasteiger partial charge < -0.3 is 48.4 Å². The number of nitrogens with zero attached hydrogens (tertiary/aromatic N) is 3. The summed E-state index contributed by atoms with van der Waals surface area (Å²) in [6.07, 6.45) is 10.7. The van der Waals surface area contributed by atoms with Crippen molar-refractivity contribution in [1.29, 1.82) is 5.26 Å². The average molecular weight is 960 g/mol. The Bertz CT molecular complexity index is 2820. The zero-order chi connectivity index (χ0) is 48.7. The van der Waals surface area contributed by atoms with Crippen LogP contribution < -0.4 is 18.9 Å². The van der Waals surface area contributed by atoms with E-state index in [2.05, 4.69) is 43.0 Å². The minimum atomic E-state index is -1.53. The zero-order valence-corrected chi connectivity index (χ0v) is 40.0. The van der Waals surface area contributed by atoms with E-state index in [1.165, 1.54) is 0 Å². The summed E-state index contributed by atoms with van der Waals surface area (Å²) in [5.41, 5.74) is 4.12. The summed E-state index contributed by atoms with van der Waals surface area (Å²) in [5, 5.41) is 37.2. The number of aliphatic hydroxyl groups excluding tert-OH is 2. The largest absolute Gasteiger partial charge is 0.459 e. The van der Waals surface area contributed by atoms with Gasteiger partial charge in [-0.3, -0.25) is 4.79 Å². The number of carbonyl (C=O) groups excluding carboxylic acids is 1. The minimum absolute atomic E-state index is 0.00148. The van der Waals surface area contributed by atoms with Gasteiger partial charge in [-0.2, -0.15) is 5.26 Å². The van der Waals surface area contributed by atoms with Crippen LogP contribution in [0.4, 0.5) is 0 Å². The Morgan fingerprint density at radius 3 is 2.44 bits per heavy atom. The average Bonchev–Trinajstić information content (AvgIpc) is 3.88. The summed E-state index contributed by atoms with van der Waals surface area (Å²) in [6.45, 7) is 5.15. The van der Waals surface area contributed by atoms with E-state index < -0.39 is 24.0 Å². The van der Waals surface area contributed by atoms with Crippen molar-refractivity contribution in [3.8, 4) is 34.8 Å². The van der Waals surface area contributed by atoms with Crippen molar-refractivity contribution in [2.24, 2.45) is 22.9 Å². The van der Waals surface area contributed by atoms with Gasteiger partial charge >= 0.3 is 0 Å². The van der Waals surface area contributed by atoms with Crippen LogP contribution in [-0.4, -0.2) is 78.1 Å². The second kappa shape index (κ2) is 21.7. The van der Waals surface area contributed by atoms with Gasteiger partial charge in [-0.1, -0.05) is 66.5 Å². The molecule has 5 aliphatic rings. The monoisotopic (exact) mass is 959 g/mol. The molecular formula is C58H61N3O10. The zero-order valence-electron chi connectivity index (χ0n) is 40.0. The van der Waals surface area contributed by atoms with E-state index in [0.717, 1.165) is 66.0 Å². The molecule has 2 fully saturated rings. The van der Waals surface area contributed by atoms with Gasteiger partial charge in [0.05, 0.1) is 36.5 Å².